The fourth-order valence-corrected chi connectivity index (χ4v) is 1.96. The normalized spacial score (nSPS) is 16.1. The SMILES string of the molecule is CN(CCO)C(=O)NCCCOC1CCCC1. The highest BCUT2D eigenvalue weighted by Crippen LogP contribution is 2.20. The van der Waals surface area contributed by atoms with Crippen molar-refractivity contribution in [2.75, 3.05) is 33.4 Å². The standard InChI is InChI=1S/C12H24N2O3/c1-14(8-9-15)12(16)13-7-4-10-17-11-5-2-3-6-11/h11,15H,2-10H2,1H3,(H,13,16). The van der Waals surface area contributed by atoms with Gasteiger partial charge in [-0.3, -0.25) is 0 Å². The minimum Gasteiger partial charge on any atom is -0.395 e. The van der Waals surface area contributed by atoms with Gasteiger partial charge in [-0.05, 0) is 19.3 Å². The monoisotopic (exact) mass is 244 g/mol. The van der Waals surface area contributed by atoms with Crippen LogP contribution >= 0.6 is 0 Å². The number of amides is 2. The molecular weight excluding hydrogens is 220 g/mol. The van der Waals surface area contributed by atoms with E-state index in [1.165, 1.54) is 30.6 Å². The van der Waals surface area contributed by atoms with Crippen LogP contribution in [0.15, 0.2) is 0 Å². The Kier molecular flexibility index (Phi) is 6.96. The lowest BCUT2D eigenvalue weighted by Crippen LogP contribution is -2.39. The van der Waals surface area contributed by atoms with Crippen LogP contribution in [0.1, 0.15) is 32.1 Å². The zero-order valence-electron chi connectivity index (χ0n) is 10.7. The second-order valence-corrected chi connectivity index (χ2v) is 4.51. The minimum absolute atomic E-state index is 0.00525. The van der Waals surface area contributed by atoms with Gasteiger partial charge in [-0.2, -0.15) is 0 Å². The van der Waals surface area contributed by atoms with Gasteiger partial charge in [-0.25, -0.2) is 4.79 Å². The molecule has 0 aliphatic heterocycles. The maximum atomic E-state index is 11.4. The highest BCUT2D eigenvalue weighted by atomic mass is 16.5. The van der Waals surface area contributed by atoms with E-state index in [0.29, 0.717) is 25.8 Å². The second-order valence-electron chi connectivity index (χ2n) is 4.51. The molecule has 1 aliphatic carbocycles. The van der Waals surface area contributed by atoms with Gasteiger partial charge in [-0.15, -0.1) is 0 Å². The van der Waals surface area contributed by atoms with Crippen molar-refractivity contribution in [2.24, 2.45) is 0 Å². The fraction of sp³-hybridized carbons (Fsp3) is 0.917. The van der Waals surface area contributed by atoms with Crippen LogP contribution in [0.4, 0.5) is 4.79 Å². The van der Waals surface area contributed by atoms with Gasteiger partial charge in [0.25, 0.3) is 0 Å². The van der Waals surface area contributed by atoms with Crippen LogP contribution in [0.2, 0.25) is 0 Å². The molecule has 0 saturated heterocycles. The summed E-state index contributed by atoms with van der Waals surface area (Å²) in [6.45, 7) is 1.70. The number of nitrogens with zero attached hydrogens (tertiary/aromatic N) is 1. The third-order valence-electron chi connectivity index (χ3n) is 3.04. The van der Waals surface area contributed by atoms with E-state index >= 15 is 0 Å². The molecule has 0 aromatic rings. The molecule has 0 heterocycles. The number of likely N-dealkylation sites (N-methyl/N-ethyl adjacent to an activating group) is 1. The first kappa shape index (κ1) is 14.3. The molecule has 1 fully saturated rings. The van der Waals surface area contributed by atoms with Crippen LogP contribution in [0, 0.1) is 0 Å². The summed E-state index contributed by atoms with van der Waals surface area (Å²) in [5, 5.41) is 11.5. The van der Waals surface area contributed by atoms with Gasteiger partial charge < -0.3 is 20.1 Å². The molecule has 100 valence electrons. The van der Waals surface area contributed by atoms with Crippen molar-refractivity contribution in [3.8, 4) is 0 Å². The quantitative estimate of drug-likeness (QED) is 0.656. The molecule has 0 spiro atoms. The van der Waals surface area contributed by atoms with Crippen molar-refractivity contribution in [2.45, 2.75) is 38.2 Å². The van der Waals surface area contributed by atoms with Gasteiger partial charge in [0, 0.05) is 26.7 Å². The van der Waals surface area contributed by atoms with E-state index in [9.17, 15) is 4.79 Å². The lowest BCUT2D eigenvalue weighted by molar-refractivity contribution is 0.0570. The van der Waals surface area contributed by atoms with Crippen LogP contribution in [-0.4, -0.2) is 55.5 Å². The maximum Gasteiger partial charge on any atom is 0.317 e. The predicted molar refractivity (Wildman–Crippen MR) is 65.9 cm³/mol. The predicted octanol–water partition coefficient (Wildman–Crippen LogP) is 0.969. The van der Waals surface area contributed by atoms with Gasteiger partial charge in [0.15, 0.2) is 0 Å². The zero-order valence-corrected chi connectivity index (χ0v) is 10.7. The molecule has 1 aliphatic rings. The topological polar surface area (TPSA) is 61.8 Å². The molecule has 5 heteroatoms. The first-order chi connectivity index (χ1) is 8.24. The molecule has 0 radical (unpaired) electrons. The zero-order chi connectivity index (χ0) is 12.5. The van der Waals surface area contributed by atoms with Crippen molar-refractivity contribution in [1.82, 2.24) is 10.2 Å². The lowest BCUT2D eigenvalue weighted by atomic mass is 10.3. The second kappa shape index (κ2) is 8.31. The summed E-state index contributed by atoms with van der Waals surface area (Å²) < 4.78 is 5.69. The number of hydrogen-bond donors (Lipinski definition) is 2. The molecule has 2 amide bonds. The number of nitrogens with one attached hydrogen (secondary N) is 1. The summed E-state index contributed by atoms with van der Waals surface area (Å²) in [6, 6.07) is -0.139. The van der Waals surface area contributed by atoms with E-state index in [1.54, 1.807) is 7.05 Å². The molecule has 0 atom stereocenters. The number of urea groups is 1. The first-order valence-electron chi connectivity index (χ1n) is 6.45. The Morgan fingerprint density at radius 1 is 1.47 bits per heavy atom. The Morgan fingerprint density at radius 3 is 2.82 bits per heavy atom. The van der Waals surface area contributed by atoms with Crippen LogP contribution < -0.4 is 5.32 Å². The summed E-state index contributed by atoms with van der Waals surface area (Å²) in [6.07, 6.45) is 6.23. The van der Waals surface area contributed by atoms with Crippen molar-refractivity contribution < 1.29 is 14.6 Å². The first-order valence-corrected chi connectivity index (χ1v) is 6.45. The van der Waals surface area contributed by atoms with Gasteiger partial charge in [0.05, 0.1) is 12.7 Å². The number of aliphatic hydroxyl groups is 1. The Hall–Kier alpha value is -0.810. The van der Waals surface area contributed by atoms with Crippen molar-refractivity contribution in [1.29, 1.82) is 0 Å². The molecule has 1 saturated carbocycles. The number of hydrogen-bond acceptors (Lipinski definition) is 3. The van der Waals surface area contributed by atoms with E-state index in [1.807, 2.05) is 0 Å². The number of carbonyl (C=O) groups excluding carboxylic acids is 1. The van der Waals surface area contributed by atoms with E-state index in [4.69, 9.17) is 9.84 Å². The Balaban J connectivity index is 1.94. The minimum atomic E-state index is -0.139. The number of carbonyl (C=O) groups is 1. The molecule has 0 aromatic heterocycles. The molecule has 5 nitrogen and oxygen atoms in total. The summed E-state index contributed by atoms with van der Waals surface area (Å²) in [5.41, 5.74) is 0. The summed E-state index contributed by atoms with van der Waals surface area (Å²) in [4.78, 5) is 12.9. The Bertz CT molecular complexity index is 218. The molecule has 0 unspecified atom stereocenters. The molecule has 17 heavy (non-hydrogen) atoms. The van der Waals surface area contributed by atoms with E-state index in [2.05, 4.69) is 5.32 Å². The maximum absolute atomic E-state index is 11.4. The smallest absolute Gasteiger partial charge is 0.317 e. The van der Waals surface area contributed by atoms with Gasteiger partial charge in [0.1, 0.15) is 0 Å². The number of ether oxygens (including phenoxy) is 1. The van der Waals surface area contributed by atoms with Crippen LogP contribution in [0.5, 0.6) is 0 Å². The van der Waals surface area contributed by atoms with E-state index in [0.717, 1.165) is 6.42 Å². The lowest BCUT2D eigenvalue weighted by Gasteiger charge is -2.16. The van der Waals surface area contributed by atoms with Crippen molar-refractivity contribution >= 4 is 6.03 Å². The molecule has 0 aromatic carbocycles. The van der Waals surface area contributed by atoms with Gasteiger partial charge in [-0.1, -0.05) is 12.8 Å². The fourth-order valence-electron chi connectivity index (χ4n) is 1.96. The van der Waals surface area contributed by atoms with Gasteiger partial charge >= 0.3 is 6.03 Å². The molecule has 2 N–H and O–H groups in total. The Labute approximate surface area is 103 Å². The van der Waals surface area contributed by atoms with Crippen LogP contribution in [0.25, 0.3) is 0 Å². The van der Waals surface area contributed by atoms with E-state index in [-0.39, 0.29) is 12.6 Å². The van der Waals surface area contributed by atoms with Crippen LogP contribution in [-0.2, 0) is 4.74 Å². The van der Waals surface area contributed by atoms with Gasteiger partial charge in [0.2, 0.25) is 0 Å². The molecule has 1 rings (SSSR count). The van der Waals surface area contributed by atoms with E-state index < -0.39 is 0 Å². The van der Waals surface area contributed by atoms with Crippen molar-refractivity contribution in [3.63, 3.8) is 0 Å². The average Bonchev–Trinajstić information content (AvgIpc) is 2.81. The highest BCUT2D eigenvalue weighted by Gasteiger charge is 2.14. The van der Waals surface area contributed by atoms with Crippen LogP contribution in [0.3, 0.4) is 0 Å². The highest BCUT2D eigenvalue weighted by molar-refractivity contribution is 5.73. The summed E-state index contributed by atoms with van der Waals surface area (Å²) in [7, 11) is 1.67. The third-order valence-corrected chi connectivity index (χ3v) is 3.04. The summed E-state index contributed by atoms with van der Waals surface area (Å²) >= 11 is 0. The third kappa shape index (κ3) is 5.89. The van der Waals surface area contributed by atoms with Crippen molar-refractivity contribution in [3.05, 3.63) is 0 Å². The largest absolute Gasteiger partial charge is 0.395 e. The number of aliphatic hydroxyl groups excluding tert-OH is 1. The molecular formula is C12H24N2O3. The summed E-state index contributed by atoms with van der Waals surface area (Å²) in [5.74, 6) is 0. The number of rotatable bonds is 7. The Morgan fingerprint density at radius 2 is 2.18 bits per heavy atom. The average molecular weight is 244 g/mol. The molecule has 0 bridgehead atoms.